The van der Waals surface area contributed by atoms with Crippen molar-refractivity contribution >= 4 is 25.8 Å². The molecule has 0 heterocycles. The highest BCUT2D eigenvalue weighted by Gasteiger charge is 2.30. The summed E-state index contributed by atoms with van der Waals surface area (Å²) in [5.74, 6) is -1.08. The lowest BCUT2D eigenvalue weighted by Gasteiger charge is -2.22. The van der Waals surface area contributed by atoms with Crippen molar-refractivity contribution in [2.75, 3.05) is 26.4 Å². The molecule has 0 aliphatic heterocycles. The lowest BCUT2D eigenvalue weighted by atomic mass is 10.0. The zero-order valence-corrected chi connectivity index (χ0v) is 41.9. The van der Waals surface area contributed by atoms with Crippen LogP contribution in [0.5, 0.6) is 0 Å². The van der Waals surface area contributed by atoms with Crippen LogP contribution in [0.2, 0.25) is 0 Å². The summed E-state index contributed by atoms with van der Waals surface area (Å²) in [5.41, 5.74) is 1.44. The molecule has 13 heteroatoms. The van der Waals surface area contributed by atoms with Gasteiger partial charge in [0.1, 0.15) is 13.2 Å². The van der Waals surface area contributed by atoms with Gasteiger partial charge in [-0.15, -0.1) is 0 Å². The molecule has 0 spiro atoms. The second kappa shape index (κ2) is 40.8. The molecule has 0 saturated heterocycles. The molecule has 2 aromatic carbocycles. The van der Waals surface area contributed by atoms with Gasteiger partial charge in [0.2, 0.25) is 5.91 Å². The van der Waals surface area contributed by atoms with E-state index in [1.54, 1.807) is 48.5 Å². The molecule has 1 unspecified atom stereocenters. The van der Waals surface area contributed by atoms with E-state index in [2.05, 4.69) is 24.5 Å². The molecule has 2 amide bonds. The van der Waals surface area contributed by atoms with Crippen molar-refractivity contribution in [2.24, 2.45) is 0 Å². The SMILES string of the molecule is CCCCCCCCCCCCCCCCOC[C@H](COP(=O)(O)OC[C@H](NC(=O)OCc1ccccc1)C(=O)OCc1ccccc1)NC(=O)CCCCCCCCCCCCCCC. The number of carbonyl (C=O) groups is 3. The zero-order chi connectivity index (χ0) is 47.6. The van der Waals surface area contributed by atoms with E-state index in [0.29, 0.717) is 18.6 Å². The summed E-state index contributed by atoms with van der Waals surface area (Å²) in [4.78, 5) is 49.7. The molecule has 3 atom stereocenters. The van der Waals surface area contributed by atoms with Crippen molar-refractivity contribution < 1.29 is 47.1 Å². The van der Waals surface area contributed by atoms with Gasteiger partial charge >= 0.3 is 19.9 Å². The predicted molar refractivity (Wildman–Crippen MR) is 265 cm³/mol. The maximum atomic E-state index is 13.2. The minimum absolute atomic E-state index is 0.0607. The highest BCUT2D eigenvalue weighted by atomic mass is 31.2. The molecule has 66 heavy (non-hydrogen) atoms. The molecule has 12 nitrogen and oxygen atoms in total. The summed E-state index contributed by atoms with van der Waals surface area (Å²) < 4.78 is 40.4. The molecule has 0 fully saturated rings. The first-order valence-electron chi connectivity index (χ1n) is 25.9. The maximum Gasteiger partial charge on any atom is 0.472 e. The number of alkyl carbamates (subject to hydrolysis) is 1. The molecule has 0 saturated carbocycles. The Hall–Kier alpha value is -3.28. The molecule has 2 aromatic rings. The Kier molecular flexibility index (Phi) is 36.3. The number of benzene rings is 2. The molecular formula is C53H89N2O10P. The van der Waals surface area contributed by atoms with Crippen molar-refractivity contribution in [2.45, 2.75) is 219 Å². The first-order chi connectivity index (χ1) is 32.2. The van der Waals surface area contributed by atoms with Crippen molar-refractivity contribution in [1.82, 2.24) is 10.6 Å². The summed E-state index contributed by atoms with van der Waals surface area (Å²) in [6.07, 6.45) is 32.8. The van der Waals surface area contributed by atoms with Crippen LogP contribution in [-0.4, -0.2) is 61.4 Å². The Morgan fingerprint density at radius 3 is 1.39 bits per heavy atom. The van der Waals surface area contributed by atoms with Crippen LogP contribution in [0.1, 0.15) is 205 Å². The van der Waals surface area contributed by atoms with Gasteiger partial charge in [0.05, 0.1) is 25.9 Å². The molecule has 3 N–H and O–H groups in total. The number of amides is 2. The zero-order valence-electron chi connectivity index (χ0n) is 41.0. The smallest absolute Gasteiger partial charge is 0.459 e. The summed E-state index contributed by atoms with van der Waals surface area (Å²) in [6, 6.07) is 15.8. The monoisotopic (exact) mass is 945 g/mol. The van der Waals surface area contributed by atoms with Crippen molar-refractivity contribution in [1.29, 1.82) is 0 Å². The summed E-state index contributed by atoms with van der Waals surface area (Å²) >= 11 is 0. The normalized spacial score (nSPS) is 13.1. The average Bonchev–Trinajstić information content (AvgIpc) is 3.32. The van der Waals surface area contributed by atoms with Gasteiger partial charge in [0.25, 0.3) is 0 Å². The second-order valence-corrected chi connectivity index (χ2v) is 19.3. The van der Waals surface area contributed by atoms with Crippen LogP contribution in [0.25, 0.3) is 0 Å². The standard InChI is InChI=1S/C53H89N2O10P/c1-3-5-7-9-11-13-15-17-19-21-23-25-27-35-41-61-44-49(54-51(56)40-34-26-24-22-20-18-16-14-12-10-8-6-4-2)45-64-66(59,60)65-46-50(52(57)62-42-47-36-30-28-31-37-47)55-53(58)63-43-48-38-32-29-33-39-48/h28-33,36-39,49-50H,3-27,34-35,40-46H2,1-2H3,(H,54,56)(H,55,58)(H,59,60)/t49-,50+/m1/s1. The fourth-order valence-electron chi connectivity index (χ4n) is 7.65. The Bertz CT molecular complexity index is 1520. The lowest BCUT2D eigenvalue weighted by Crippen LogP contribution is -2.45. The summed E-state index contributed by atoms with van der Waals surface area (Å²) in [7, 11) is -4.80. The molecule has 0 radical (unpaired) electrons. The number of nitrogens with one attached hydrogen (secondary N) is 2. The van der Waals surface area contributed by atoms with Crippen LogP contribution in [0.4, 0.5) is 4.79 Å². The van der Waals surface area contributed by atoms with Crippen molar-refractivity contribution in [3.05, 3.63) is 71.8 Å². The number of esters is 1. The van der Waals surface area contributed by atoms with Crippen LogP contribution < -0.4 is 10.6 Å². The third kappa shape index (κ3) is 34.1. The third-order valence-electron chi connectivity index (χ3n) is 11.7. The summed E-state index contributed by atoms with van der Waals surface area (Å²) in [5, 5.41) is 5.32. The fourth-order valence-corrected chi connectivity index (χ4v) is 8.43. The highest BCUT2D eigenvalue weighted by molar-refractivity contribution is 7.47. The number of unbranched alkanes of at least 4 members (excludes halogenated alkanes) is 25. The van der Waals surface area contributed by atoms with Gasteiger partial charge in [0, 0.05) is 13.0 Å². The number of hydrogen-bond acceptors (Lipinski definition) is 9. The van der Waals surface area contributed by atoms with E-state index in [1.165, 1.54) is 135 Å². The van der Waals surface area contributed by atoms with Crippen LogP contribution in [0.3, 0.4) is 0 Å². The van der Waals surface area contributed by atoms with Gasteiger partial charge in [-0.05, 0) is 24.0 Å². The highest BCUT2D eigenvalue weighted by Crippen LogP contribution is 2.43. The van der Waals surface area contributed by atoms with Crippen LogP contribution in [-0.2, 0) is 50.6 Å². The van der Waals surface area contributed by atoms with Gasteiger partial charge in [-0.1, -0.05) is 235 Å². The van der Waals surface area contributed by atoms with E-state index in [0.717, 1.165) is 44.1 Å². The molecule has 0 aliphatic carbocycles. The minimum atomic E-state index is -4.80. The van der Waals surface area contributed by atoms with Crippen molar-refractivity contribution in [3.8, 4) is 0 Å². The predicted octanol–water partition coefficient (Wildman–Crippen LogP) is 13.6. The van der Waals surface area contributed by atoms with Gasteiger partial charge in [-0.3, -0.25) is 13.8 Å². The van der Waals surface area contributed by atoms with E-state index in [9.17, 15) is 23.8 Å². The van der Waals surface area contributed by atoms with Gasteiger partial charge in [-0.25, -0.2) is 14.2 Å². The molecule has 2 rings (SSSR count). The number of carbonyl (C=O) groups excluding carboxylic acids is 3. The van der Waals surface area contributed by atoms with E-state index < -0.39 is 38.6 Å². The first kappa shape index (κ1) is 58.8. The Balaban J connectivity index is 1.84. The van der Waals surface area contributed by atoms with E-state index >= 15 is 0 Å². The van der Waals surface area contributed by atoms with Crippen molar-refractivity contribution in [3.63, 3.8) is 0 Å². The maximum absolute atomic E-state index is 13.2. The Labute approximate surface area is 399 Å². The quantitative estimate of drug-likeness (QED) is 0.0332. The largest absolute Gasteiger partial charge is 0.472 e. The van der Waals surface area contributed by atoms with Crippen LogP contribution in [0.15, 0.2) is 60.7 Å². The summed E-state index contributed by atoms with van der Waals surface area (Å²) in [6.45, 7) is 3.82. The van der Waals surface area contributed by atoms with E-state index in [4.69, 9.17) is 23.3 Å². The van der Waals surface area contributed by atoms with Gasteiger partial charge in [-0.2, -0.15) is 0 Å². The van der Waals surface area contributed by atoms with Gasteiger partial charge < -0.3 is 29.7 Å². The molecular weight excluding hydrogens is 856 g/mol. The first-order valence-corrected chi connectivity index (χ1v) is 27.4. The molecule has 0 bridgehead atoms. The fraction of sp³-hybridized carbons (Fsp3) is 0.717. The Morgan fingerprint density at radius 1 is 0.515 bits per heavy atom. The number of rotatable bonds is 44. The average molecular weight is 945 g/mol. The number of ether oxygens (including phenoxy) is 3. The van der Waals surface area contributed by atoms with Crippen LogP contribution in [0, 0.1) is 0 Å². The van der Waals surface area contributed by atoms with Gasteiger partial charge in [0.15, 0.2) is 6.04 Å². The topological polar surface area (TPSA) is 159 Å². The van der Waals surface area contributed by atoms with Crippen LogP contribution >= 0.6 is 7.82 Å². The third-order valence-corrected chi connectivity index (χ3v) is 12.6. The molecule has 0 aromatic heterocycles. The molecule has 376 valence electrons. The Morgan fingerprint density at radius 2 is 0.924 bits per heavy atom. The molecule has 0 aliphatic rings. The second-order valence-electron chi connectivity index (χ2n) is 17.8. The minimum Gasteiger partial charge on any atom is -0.459 e. The number of hydrogen-bond donors (Lipinski definition) is 3. The lowest BCUT2D eigenvalue weighted by molar-refractivity contribution is -0.148. The number of phosphoric acid groups is 1. The van der Waals surface area contributed by atoms with E-state index in [-0.39, 0.29) is 32.3 Å². The number of phosphoric ester groups is 1. The van der Waals surface area contributed by atoms with E-state index in [1.807, 2.05) is 12.1 Å².